The molecule has 19 heavy (non-hydrogen) atoms. The van der Waals surface area contributed by atoms with Gasteiger partial charge in [0.25, 0.3) is 0 Å². The summed E-state index contributed by atoms with van der Waals surface area (Å²) in [6, 6.07) is 6.45. The second kappa shape index (κ2) is 6.15. The summed E-state index contributed by atoms with van der Waals surface area (Å²) >= 11 is 0. The minimum absolute atomic E-state index is 0.0395. The number of carbonyl (C=O) groups excluding carboxylic acids is 1. The summed E-state index contributed by atoms with van der Waals surface area (Å²) in [5, 5.41) is 6.17. The normalized spacial score (nSPS) is 24.8. The van der Waals surface area contributed by atoms with Crippen molar-refractivity contribution in [3.05, 3.63) is 35.6 Å². The quantitative estimate of drug-likeness (QED) is 0.881. The Hall–Kier alpha value is -1.42. The molecule has 2 N–H and O–H groups in total. The number of piperidine rings is 1. The second-order valence-corrected chi connectivity index (χ2v) is 5.30. The predicted molar refractivity (Wildman–Crippen MR) is 73.2 cm³/mol. The van der Waals surface area contributed by atoms with Gasteiger partial charge in [0.15, 0.2) is 0 Å². The van der Waals surface area contributed by atoms with E-state index in [0.29, 0.717) is 11.6 Å². The molecule has 3 nitrogen and oxygen atoms in total. The molecule has 1 aliphatic rings. The fourth-order valence-electron chi connectivity index (χ4n) is 2.56. The van der Waals surface area contributed by atoms with Crippen LogP contribution in [-0.2, 0) is 4.79 Å². The Morgan fingerprint density at radius 1 is 1.42 bits per heavy atom. The highest BCUT2D eigenvalue weighted by atomic mass is 19.1. The number of carbonyl (C=O) groups is 1. The fourth-order valence-corrected chi connectivity index (χ4v) is 2.56. The van der Waals surface area contributed by atoms with Crippen LogP contribution in [0, 0.1) is 5.82 Å². The number of rotatable bonds is 3. The summed E-state index contributed by atoms with van der Waals surface area (Å²) < 4.78 is 13.6. The molecule has 2 rings (SSSR count). The van der Waals surface area contributed by atoms with E-state index >= 15 is 0 Å². The lowest BCUT2D eigenvalue weighted by Gasteiger charge is -2.29. The van der Waals surface area contributed by atoms with Gasteiger partial charge >= 0.3 is 0 Å². The maximum absolute atomic E-state index is 13.6. The molecule has 1 aliphatic heterocycles. The lowest BCUT2D eigenvalue weighted by molar-refractivity contribution is -0.124. The molecule has 0 aromatic heterocycles. The van der Waals surface area contributed by atoms with Crippen molar-refractivity contribution in [1.82, 2.24) is 10.6 Å². The van der Waals surface area contributed by atoms with Gasteiger partial charge in [-0.15, -0.1) is 0 Å². The molecule has 1 fully saturated rings. The highest BCUT2D eigenvalue weighted by Crippen LogP contribution is 2.18. The Labute approximate surface area is 113 Å². The first-order chi connectivity index (χ1) is 9.08. The number of benzene rings is 1. The van der Waals surface area contributed by atoms with Crippen LogP contribution in [0.4, 0.5) is 4.39 Å². The van der Waals surface area contributed by atoms with Gasteiger partial charge in [-0.1, -0.05) is 18.2 Å². The summed E-state index contributed by atoms with van der Waals surface area (Å²) in [5.74, 6) is -0.317. The number of nitrogens with one attached hydrogen (secondary N) is 2. The average Bonchev–Trinajstić information content (AvgIpc) is 2.39. The number of halogens is 1. The van der Waals surface area contributed by atoms with Gasteiger partial charge in [0, 0.05) is 11.6 Å². The molecule has 1 aromatic rings. The van der Waals surface area contributed by atoms with Gasteiger partial charge in [0.2, 0.25) is 5.91 Å². The van der Waals surface area contributed by atoms with E-state index in [1.807, 2.05) is 6.92 Å². The third kappa shape index (κ3) is 3.53. The standard InChI is InChI=1S/C15H21FN2O/c1-10-6-5-9-14(17-10)15(19)18-11(2)12-7-3-4-8-13(12)16/h3-4,7-8,10-11,14,17H,5-6,9H2,1-2H3,(H,18,19). The van der Waals surface area contributed by atoms with Crippen molar-refractivity contribution < 1.29 is 9.18 Å². The molecular weight excluding hydrogens is 243 g/mol. The van der Waals surface area contributed by atoms with E-state index in [4.69, 9.17) is 0 Å². The van der Waals surface area contributed by atoms with Crippen molar-refractivity contribution in [2.24, 2.45) is 0 Å². The van der Waals surface area contributed by atoms with Crippen molar-refractivity contribution >= 4 is 5.91 Å². The van der Waals surface area contributed by atoms with Crippen molar-refractivity contribution in [2.75, 3.05) is 0 Å². The molecule has 1 amide bonds. The van der Waals surface area contributed by atoms with E-state index in [1.54, 1.807) is 18.2 Å². The van der Waals surface area contributed by atoms with E-state index in [-0.39, 0.29) is 23.8 Å². The maximum Gasteiger partial charge on any atom is 0.237 e. The molecule has 1 saturated heterocycles. The lowest BCUT2D eigenvalue weighted by atomic mass is 9.98. The van der Waals surface area contributed by atoms with Crippen molar-refractivity contribution in [3.63, 3.8) is 0 Å². The van der Waals surface area contributed by atoms with Gasteiger partial charge in [-0.3, -0.25) is 4.79 Å². The molecule has 1 aromatic carbocycles. The number of hydrogen-bond donors (Lipinski definition) is 2. The van der Waals surface area contributed by atoms with Crippen LogP contribution in [0.2, 0.25) is 0 Å². The van der Waals surface area contributed by atoms with Crippen LogP contribution in [0.15, 0.2) is 24.3 Å². The van der Waals surface area contributed by atoms with E-state index in [0.717, 1.165) is 19.3 Å². The Bertz CT molecular complexity index is 450. The number of amides is 1. The summed E-state index contributed by atoms with van der Waals surface area (Å²) in [5.41, 5.74) is 0.528. The van der Waals surface area contributed by atoms with Crippen molar-refractivity contribution in [3.8, 4) is 0 Å². The SMILES string of the molecule is CC1CCCC(C(=O)NC(C)c2ccccc2F)N1. The lowest BCUT2D eigenvalue weighted by Crippen LogP contribution is -2.50. The zero-order valence-corrected chi connectivity index (χ0v) is 11.4. The molecule has 0 saturated carbocycles. The summed E-state index contributed by atoms with van der Waals surface area (Å²) in [6.45, 7) is 3.89. The van der Waals surface area contributed by atoms with Crippen LogP contribution < -0.4 is 10.6 Å². The zero-order valence-electron chi connectivity index (χ0n) is 11.4. The van der Waals surface area contributed by atoms with Crippen LogP contribution in [0.5, 0.6) is 0 Å². The minimum atomic E-state index is -0.312. The van der Waals surface area contributed by atoms with E-state index < -0.39 is 0 Å². The molecule has 3 atom stereocenters. The second-order valence-electron chi connectivity index (χ2n) is 5.30. The van der Waals surface area contributed by atoms with E-state index in [9.17, 15) is 9.18 Å². The maximum atomic E-state index is 13.6. The molecule has 1 heterocycles. The zero-order chi connectivity index (χ0) is 13.8. The summed E-state index contributed by atoms with van der Waals surface area (Å²) in [4.78, 5) is 12.1. The Morgan fingerprint density at radius 3 is 2.84 bits per heavy atom. The molecular formula is C15H21FN2O. The van der Waals surface area contributed by atoms with Crippen LogP contribution in [0.3, 0.4) is 0 Å². The minimum Gasteiger partial charge on any atom is -0.348 e. The van der Waals surface area contributed by atoms with Gasteiger partial charge < -0.3 is 10.6 Å². The Morgan fingerprint density at radius 2 is 2.16 bits per heavy atom. The summed E-state index contributed by atoms with van der Waals surface area (Å²) in [6.07, 6.45) is 3.01. The smallest absolute Gasteiger partial charge is 0.237 e. The average molecular weight is 264 g/mol. The van der Waals surface area contributed by atoms with E-state index in [2.05, 4.69) is 17.6 Å². The molecule has 0 spiro atoms. The molecule has 0 bridgehead atoms. The Balaban J connectivity index is 1.97. The van der Waals surface area contributed by atoms with Gasteiger partial charge in [0.1, 0.15) is 5.82 Å². The van der Waals surface area contributed by atoms with E-state index in [1.165, 1.54) is 6.07 Å². The molecule has 4 heteroatoms. The van der Waals surface area contributed by atoms with Crippen LogP contribution in [-0.4, -0.2) is 18.0 Å². The topological polar surface area (TPSA) is 41.1 Å². The molecule has 104 valence electrons. The van der Waals surface area contributed by atoms with Gasteiger partial charge in [-0.2, -0.15) is 0 Å². The largest absolute Gasteiger partial charge is 0.348 e. The first kappa shape index (κ1) is 14.0. The van der Waals surface area contributed by atoms with Crippen LogP contribution in [0.25, 0.3) is 0 Å². The fraction of sp³-hybridized carbons (Fsp3) is 0.533. The van der Waals surface area contributed by atoms with Gasteiger partial charge in [-0.05, 0) is 39.2 Å². The molecule has 3 unspecified atom stereocenters. The molecule has 0 radical (unpaired) electrons. The highest BCUT2D eigenvalue weighted by Gasteiger charge is 2.25. The Kier molecular flexibility index (Phi) is 4.53. The van der Waals surface area contributed by atoms with Crippen molar-refractivity contribution in [1.29, 1.82) is 0 Å². The van der Waals surface area contributed by atoms with Gasteiger partial charge in [0.05, 0.1) is 12.1 Å². The number of hydrogen-bond acceptors (Lipinski definition) is 2. The first-order valence-electron chi connectivity index (χ1n) is 6.89. The summed E-state index contributed by atoms with van der Waals surface area (Å²) in [7, 11) is 0. The van der Waals surface area contributed by atoms with Gasteiger partial charge in [-0.25, -0.2) is 4.39 Å². The highest BCUT2D eigenvalue weighted by molar-refractivity contribution is 5.82. The van der Waals surface area contributed by atoms with Crippen LogP contribution >= 0.6 is 0 Å². The third-order valence-electron chi connectivity index (χ3n) is 3.66. The van der Waals surface area contributed by atoms with Crippen molar-refractivity contribution in [2.45, 2.75) is 51.2 Å². The first-order valence-corrected chi connectivity index (χ1v) is 6.89. The third-order valence-corrected chi connectivity index (χ3v) is 3.66. The predicted octanol–water partition coefficient (Wildman–Crippen LogP) is 2.53. The van der Waals surface area contributed by atoms with Crippen LogP contribution in [0.1, 0.15) is 44.7 Å². The monoisotopic (exact) mass is 264 g/mol. The molecule has 0 aliphatic carbocycles.